The first-order valence-corrected chi connectivity index (χ1v) is 10.3. The van der Waals surface area contributed by atoms with E-state index < -0.39 is 5.91 Å². The summed E-state index contributed by atoms with van der Waals surface area (Å²) in [6.45, 7) is 5.97. The van der Waals surface area contributed by atoms with Crippen LogP contribution in [0.5, 0.6) is 0 Å². The Morgan fingerprint density at radius 2 is 1.89 bits per heavy atom. The van der Waals surface area contributed by atoms with Gasteiger partial charge in [0.2, 0.25) is 11.9 Å². The number of rotatable bonds is 5. The first-order valence-electron chi connectivity index (χ1n) is 9.51. The van der Waals surface area contributed by atoms with Crippen molar-refractivity contribution in [3.63, 3.8) is 0 Å². The molecule has 0 aliphatic carbocycles. The lowest BCUT2D eigenvalue weighted by molar-refractivity contribution is 0.100. The number of carbonyl (C=O) groups excluding carboxylic acids is 1. The lowest BCUT2D eigenvalue weighted by atomic mass is 9.93. The number of anilines is 2. The van der Waals surface area contributed by atoms with Gasteiger partial charge in [-0.3, -0.25) is 4.79 Å². The third kappa shape index (κ3) is 2.93. The number of primary amides is 1. The van der Waals surface area contributed by atoms with E-state index in [0.29, 0.717) is 21.5 Å². The maximum atomic E-state index is 11.4. The Labute approximate surface area is 174 Å². The summed E-state index contributed by atoms with van der Waals surface area (Å²) in [6.07, 6.45) is 2.13. The van der Waals surface area contributed by atoms with Crippen LogP contribution >= 0.6 is 23.2 Å². The second-order valence-electron chi connectivity index (χ2n) is 7.09. The number of nitrogens with two attached hydrogens (primary N) is 1. The van der Waals surface area contributed by atoms with E-state index in [-0.39, 0.29) is 0 Å². The number of imidazole rings is 1. The molecule has 0 unspecified atom stereocenters. The fourth-order valence-electron chi connectivity index (χ4n) is 4.10. The van der Waals surface area contributed by atoms with Gasteiger partial charge in [0.05, 0.1) is 21.2 Å². The maximum Gasteiger partial charge on any atom is 0.248 e. The molecule has 2 aromatic carbocycles. The van der Waals surface area contributed by atoms with E-state index in [2.05, 4.69) is 29.4 Å². The summed E-state index contributed by atoms with van der Waals surface area (Å²) in [5.74, 6) is 0.792. The van der Waals surface area contributed by atoms with Gasteiger partial charge in [0.25, 0.3) is 0 Å². The van der Waals surface area contributed by atoms with Gasteiger partial charge in [-0.05, 0) is 48.6 Å². The Hall–Kier alpha value is -2.24. The zero-order valence-electron chi connectivity index (χ0n) is 15.9. The van der Waals surface area contributed by atoms with E-state index in [0.717, 1.165) is 48.6 Å². The number of nitrogens with zero attached hydrogens (tertiary/aromatic N) is 3. The van der Waals surface area contributed by atoms with Gasteiger partial charge >= 0.3 is 0 Å². The molecular formula is C21H22Cl2N4O. The molecule has 5 nitrogen and oxygen atoms in total. The van der Waals surface area contributed by atoms with Gasteiger partial charge in [0.15, 0.2) is 0 Å². The predicted molar refractivity (Wildman–Crippen MR) is 115 cm³/mol. The zero-order valence-corrected chi connectivity index (χ0v) is 17.4. The molecule has 3 aromatic rings. The van der Waals surface area contributed by atoms with Crippen LogP contribution in [0, 0.1) is 0 Å². The molecule has 0 spiro atoms. The Morgan fingerprint density at radius 3 is 2.54 bits per heavy atom. The number of halogens is 2. The molecule has 2 heterocycles. The predicted octanol–water partition coefficient (Wildman–Crippen LogP) is 5.50. The highest BCUT2D eigenvalue weighted by Gasteiger charge is 2.29. The topological polar surface area (TPSA) is 64.2 Å². The van der Waals surface area contributed by atoms with Crippen molar-refractivity contribution in [2.45, 2.75) is 39.2 Å². The summed E-state index contributed by atoms with van der Waals surface area (Å²) < 4.78 is 2.23. The van der Waals surface area contributed by atoms with E-state index >= 15 is 0 Å². The average Bonchev–Trinajstić information content (AvgIpc) is 3.24. The van der Waals surface area contributed by atoms with Crippen molar-refractivity contribution in [1.29, 1.82) is 0 Å². The van der Waals surface area contributed by atoms with Crippen LogP contribution < -0.4 is 10.6 Å². The zero-order chi connectivity index (χ0) is 20.0. The third-order valence-electron chi connectivity index (χ3n) is 5.59. The highest BCUT2D eigenvalue weighted by Crippen LogP contribution is 2.41. The van der Waals surface area contributed by atoms with Crippen LogP contribution in [0.25, 0.3) is 11.0 Å². The van der Waals surface area contributed by atoms with Crippen molar-refractivity contribution < 1.29 is 4.79 Å². The lowest BCUT2D eigenvalue weighted by Crippen LogP contribution is -2.16. The van der Waals surface area contributed by atoms with Gasteiger partial charge in [-0.1, -0.05) is 43.1 Å². The summed E-state index contributed by atoms with van der Waals surface area (Å²) >= 11 is 13.0. The molecule has 0 atom stereocenters. The fraction of sp³-hybridized carbons (Fsp3) is 0.333. The van der Waals surface area contributed by atoms with Gasteiger partial charge in [0.1, 0.15) is 5.52 Å². The number of hydrogen-bond acceptors (Lipinski definition) is 3. The molecular weight excluding hydrogens is 395 g/mol. The standard InChI is InChI=1S/C21H22Cl2N4O/c1-3-12(4-2)14-6-7-15(22)18-19(14)27-10-9-26(21(27)25-18)17-8-5-13(20(24)28)11-16(17)23/h5-8,11-12H,3-4,9-10H2,1-2H3,(H2,24,28). The van der Waals surface area contributed by atoms with E-state index in [1.807, 2.05) is 12.1 Å². The number of carbonyl (C=O) groups is 1. The molecule has 2 N–H and O–H groups in total. The normalized spacial score (nSPS) is 13.5. The highest BCUT2D eigenvalue weighted by molar-refractivity contribution is 6.35. The summed E-state index contributed by atoms with van der Waals surface area (Å²) in [6, 6.07) is 9.19. The van der Waals surface area contributed by atoms with Crippen molar-refractivity contribution in [3.8, 4) is 0 Å². The van der Waals surface area contributed by atoms with Crippen LogP contribution in [0.1, 0.15) is 48.5 Å². The summed E-state index contributed by atoms with van der Waals surface area (Å²) in [7, 11) is 0. The first-order chi connectivity index (χ1) is 13.5. The molecule has 4 rings (SSSR count). The molecule has 0 saturated heterocycles. The molecule has 0 fully saturated rings. The molecule has 0 saturated carbocycles. The van der Waals surface area contributed by atoms with Crippen LogP contribution in [0.4, 0.5) is 11.6 Å². The molecule has 7 heteroatoms. The molecule has 0 bridgehead atoms. The number of hydrogen-bond donors (Lipinski definition) is 1. The summed E-state index contributed by atoms with van der Waals surface area (Å²) in [4.78, 5) is 18.4. The Kier molecular flexibility index (Phi) is 4.98. The van der Waals surface area contributed by atoms with Crippen molar-refractivity contribution >= 4 is 51.8 Å². The highest BCUT2D eigenvalue weighted by atomic mass is 35.5. The molecule has 1 aliphatic rings. The van der Waals surface area contributed by atoms with Gasteiger partial charge in [-0.15, -0.1) is 0 Å². The Bertz CT molecular complexity index is 1070. The molecule has 1 amide bonds. The number of fused-ring (bicyclic) bond motifs is 3. The largest absolute Gasteiger partial charge is 0.366 e. The van der Waals surface area contributed by atoms with Crippen LogP contribution in [0.15, 0.2) is 30.3 Å². The van der Waals surface area contributed by atoms with Gasteiger partial charge in [-0.25, -0.2) is 4.98 Å². The second kappa shape index (κ2) is 7.30. The number of benzene rings is 2. The second-order valence-corrected chi connectivity index (χ2v) is 7.91. The summed E-state index contributed by atoms with van der Waals surface area (Å²) in [5.41, 5.74) is 9.79. The van der Waals surface area contributed by atoms with Crippen molar-refractivity contribution in [1.82, 2.24) is 9.55 Å². The SMILES string of the molecule is CCC(CC)c1ccc(Cl)c2nc3n(c12)CCN3c1ccc(C(N)=O)cc1Cl. The van der Waals surface area contributed by atoms with Crippen LogP contribution in [-0.4, -0.2) is 22.0 Å². The van der Waals surface area contributed by atoms with Crippen LogP contribution in [0.2, 0.25) is 10.0 Å². The fourth-order valence-corrected chi connectivity index (χ4v) is 4.58. The number of amides is 1. The molecule has 28 heavy (non-hydrogen) atoms. The minimum Gasteiger partial charge on any atom is -0.366 e. The average molecular weight is 417 g/mol. The maximum absolute atomic E-state index is 11.4. The molecule has 1 aromatic heterocycles. The van der Waals surface area contributed by atoms with Crippen molar-refractivity contribution in [3.05, 3.63) is 51.5 Å². The van der Waals surface area contributed by atoms with Gasteiger partial charge < -0.3 is 15.2 Å². The van der Waals surface area contributed by atoms with E-state index in [9.17, 15) is 4.79 Å². The van der Waals surface area contributed by atoms with Crippen molar-refractivity contribution in [2.24, 2.45) is 5.73 Å². The van der Waals surface area contributed by atoms with Crippen LogP contribution in [0.3, 0.4) is 0 Å². The Balaban J connectivity index is 1.86. The van der Waals surface area contributed by atoms with Gasteiger partial charge in [-0.2, -0.15) is 0 Å². The molecule has 146 valence electrons. The minimum atomic E-state index is -0.497. The van der Waals surface area contributed by atoms with Crippen molar-refractivity contribution in [2.75, 3.05) is 11.4 Å². The van der Waals surface area contributed by atoms with Crippen LogP contribution in [-0.2, 0) is 6.54 Å². The molecule has 1 aliphatic heterocycles. The molecule has 0 radical (unpaired) electrons. The number of aromatic nitrogens is 2. The third-order valence-corrected chi connectivity index (χ3v) is 6.20. The van der Waals surface area contributed by atoms with E-state index in [1.165, 1.54) is 5.56 Å². The lowest BCUT2D eigenvalue weighted by Gasteiger charge is -2.18. The van der Waals surface area contributed by atoms with Gasteiger partial charge in [0, 0.05) is 18.7 Å². The Morgan fingerprint density at radius 1 is 1.14 bits per heavy atom. The monoisotopic (exact) mass is 416 g/mol. The summed E-state index contributed by atoms with van der Waals surface area (Å²) in [5, 5.41) is 1.13. The smallest absolute Gasteiger partial charge is 0.248 e. The minimum absolute atomic E-state index is 0.389. The van der Waals surface area contributed by atoms with E-state index in [1.54, 1.807) is 12.1 Å². The van der Waals surface area contributed by atoms with E-state index in [4.69, 9.17) is 33.9 Å². The quantitative estimate of drug-likeness (QED) is 0.597. The first kappa shape index (κ1) is 19.1.